The number of aromatic nitrogens is 3. The fourth-order valence-electron chi connectivity index (χ4n) is 3.06. The smallest absolute Gasteiger partial charge is 0.322 e. The molecule has 0 bridgehead atoms. The van der Waals surface area contributed by atoms with Crippen molar-refractivity contribution in [1.29, 1.82) is 0 Å². The van der Waals surface area contributed by atoms with E-state index in [-0.39, 0.29) is 6.03 Å². The molecular weight excluding hydrogens is 312 g/mol. The van der Waals surface area contributed by atoms with Crippen molar-refractivity contribution in [3.05, 3.63) is 17.5 Å². The molecule has 4 rings (SSSR count). The van der Waals surface area contributed by atoms with Crippen LogP contribution in [0.4, 0.5) is 10.7 Å². The number of anilines is 1. The van der Waals surface area contributed by atoms with Crippen LogP contribution in [0.3, 0.4) is 0 Å². The first-order chi connectivity index (χ1) is 11.3. The monoisotopic (exact) mass is 332 g/mol. The van der Waals surface area contributed by atoms with Crippen LogP contribution in [0.1, 0.15) is 19.3 Å². The van der Waals surface area contributed by atoms with Gasteiger partial charge < -0.3 is 4.90 Å². The molecule has 2 aromatic rings. The number of nitrogens with one attached hydrogen (secondary N) is 2. The number of carbonyl (C=O) groups excluding carboxylic acids is 1. The first-order valence-corrected chi connectivity index (χ1v) is 8.94. The number of H-pyrrole nitrogens is 1. The Labute approximate surface area is 138 Å². The highest BCUT2D eigenvalue weighted by molar-refractivity contribution is 7.13. The summed E-state index contributed by atoms with van der Waals surface area (Å²) < 4.78 is 0. The predicted octanol–water partition coefficient (Wildman–Crippen LogP) is 2.24. The average Bonchev–Trinajstić information content (AvgIpc) is 3.17. The van der Waals surface area contributed by atoms with Crippen molar-refractivity contribution in [3.63, 3.8) is 0 Å². The molecule has 1 saturated heterocycles. The van der Waals surface area contributed by atoms with Gasteiger partial charge in [-0.2, -0.15) is 4.98 Å². The minimum atomic E-state index is -0.116. The lowest BCUT2D eigenvalue weighted by atomic mass is 9.91. The van der Waals surface area contributed by atoms with E-state index in [1.165, 1.54) is 19.3 Å². The van der Waals surface area contributed by atoms with Crippen LogP contribution < -0.4 is 5.32 Å². The zero-order valence-corrected chi connectivity index (χ0v) is 13.7. The molecule has 2 amide bonds. The Hall–Kier alpha value is -1.93. The second-order valence-electron chi connectivity index (χ2n) is 6.02. The normalized spacial score (nSPS) is 19.6. The SMILES string of the molecule is O=C(Nc1n[nH]c(-c2cccs2)n1)N1CCN(C2CCC2)CC1. The van der Waals surface area contributed by atoms with Gasteiger partial charge in [0, 0.05) is 32.2 Å². The molecule has 1 saturated carbocycles. The number of urea groups is 1. The predicted molar refractivity (Wildman–Crippen MR) is 89.5 cm³/mol. The molecule has 0 spiro atoms. The van der Waals surface area contributed by atoms with E-state index < -0.39 is 0 Å². The summed E-state index contributed by atoms with van der Waals surface area (Å²) in [7, 11) is 0. The zero-order chi connectivity index (χ0) is 15.6. The number of aromatic amines is 1. The Morgan fingerprint density at radius 1 is 1.30 bits per heavy atom. The van der Waals surface area contributed by atoms with Gasteiger partial charge in [-0.1, -0.05) is 12.5 Å². The van der Waals surface area contributed by atoms with Gasteiger partial charge in [0.2, 0.25) is 0 Å². The fraction of sp³-hybridized carbons (Fsp3) is 0.533. The summed E-state index contributed by atoms with van der Waals surface area (Å²) in [6.07, 6.45) is 3.98. The number of piperazine rings is 1. The van der Waals surface area contributed by atoms with Crippen molar-refractivity contribution in [1.82, 2.24) is 25.0 Å². The summed E-state index contributed by atoms with van der Waals surface area (Å²) in [6, 6.07) is 4.57. The maximum atomic E-state index is 12.3. The molecule has 2 aromatic heterocycles. The van der Waals surface area contributed by atoms with E-state index in [1.807, 2.05) is 22.4 Å². The quantitative estimate of drug-likeness (QED) is 0.904. The number of hydrogen-bond acceptors (Lipinski definition) is 5. The molecule has 0 radical (unpaired) electrons. The van der Waals surface area contributed by atoms with Gasteiger partial charge in [0.05, 0.1) is 4.88 Å². The minimum absolute atomic E-state index is 0.116. The average molecular weight is 332 g/mol. The van der Waals surface area contributed by atoms with Gasteiger partial charge in [-0.05, 0) is 24.3 Å². The lowest BCUT2D eigenvalue weighted by molar-refractivity contribution is 0.0758. The van der Waals surface area contributed by atoms with Gasteiger partial charge in [0.15, 0.2) is 5.82 Å². The van der Waals surface area contributed by atoms with E-state index in [0.29, 0.717) is 11.8 Å². The van der Waals surface area contributed by atoms with Crippen molar-refractivity contribution in [3.8, 4) is 10.7 Å². The molecule has 1 aliphatic carbocycles. The van der Waals surface area contributed by atoms with Gasteiger partial charge in [0.25, 0.3) is 5.95 Å². The van der Waals surface area contributed by atoms with Crippen molar-refractivity contribution in [2.24, 2.45) is 0 Å². The maximum absolute atomic E-state index is 12.3. The molecule has 8 heteroatoms. The molecule has 2 aliphatic rings. The van der Waals surface area contributed by atoms with Crippen LogP contribution in [0.25, 0.3) is 10.7 Å². The van der Waals surface area contributed by atoms with Gasteiger partial charge in [-0.3, -0.25) is 15.3 Å². The van der Waals surface area contributed by atoms with Crippen LogP contribution in [-0.4, -0.2) is 63.2 Å². The number of carbonyl (C=O) groups is 1. The largest absolute Gasteiger partial charge is 0.324 e. The van der Waals surface area contributed by atoms with E-state index >= 15 is 0 Å². The second-order valence-corrected chi connectivity index (χ2v) is 6.97. The van der Waals surface area contributed by atoms with E-state index in [4.69, 9.17) is 0 Å². The highest BCUT2D eigenvalue weighted by Gasteiger charge is 2.29. The van der Waals surface area contributed by atoms with Crippen molar-refractivity contribution in [2.75, 3.05) is 31.5 Å². The van der Waals surface area contributed by atoms with Gasteiger partial charge in [-0.15, -0.1) is 16.4 Å². The highest BCUT2D eigenvalue weighted by atomic mass is 32.1. The standard InChI is InChI=1S/C15H20N6OS/c22-15(21-8-6-20(7-9-21)11-3-1-4-11)17-14-16-13(18-19-14)12-5-2-10-23-12/h2,5,10-11H,1,3-4,6-9H2,(H2,16,17,18,19,22). The number of thiophene rings is 1. The van der Waals surface area contributed by atoms with Crippen LogP contribution in [0.15, 0.2) is 17.5 Å². The summed E-state index contributed by atoms with van der Waals surface area (Å²) in [4.78, 5) is 22.0. The Balaban J connectivity index is 1.32. The molecule has 122 valence electrons. The topological polar surface area (TPSA) is 77.1 Å². The molecule has 7 nitrogen and oxygen atoms in total. The molecule has 0 unspecified atom stereocenters. The number of amides is 2. The molecule has 2 N–H and O–H groups in total. The Morgan fingerprint density at radius 3 is 2.78 bits per heavy atom. The second kappa shape index (κ2) is 6.29. The van der Waals surface area contributed by atoms with Crippen LogP contribution >= 0.6 is 11.3 Å². The van der Waals surface area contributed by atoms with Gasteiger partial charge >= 0.3 is 6.03 Å². The number of nitrogens with zero attached hydrogens (tertiary/aromatic N) is 4. The third kappa shape index (κ3) is 3.09. The van der Waals surface area contributed by atoms with E-state index in [0.717, 1.165) is 37.1 Å². The van der Waals surface area contributed by atoms with Crippen LogP contribution in [0.2, 0.25) is 0 Å². The minimum Gasteiger partial charge on any atom is -0.322 e. The third-order valence-electron chi connectivity index (χ3n) is 4.65. The van der Waals surface area contributed by atoms with Crippen LogP contribution in [0.5, 0.6) is 0 Å². The summed E-state index contributed by atoms with van der Waals surface area (Å²) >= 11 is 1.58. The molecule has 1 aliphatic heterocycles. The zero-order valence-electron chi connectivity index (χ0n) is 12.9. The molecule has 2 fully saturated rings. The molecule has 0 aromatic carbocycles. The Bertz CT molecular complexity index is 657. The first-order valence-electron chi connectivity index (χ1n) is 8.06. The van der Waals surface area contributed by atoms with Crippen LogP contribution in [0, 0.1) is 0 Å². The molecular formula is C15H20N6OS. The fourth-order valence-corrected chi connectivity index (χ4v) is 3.72. The summed E-state index contributed by atoms with van der Waals surface area (Å²) in [5.41, 5.74) is 0. The summed E-state index contributed by atoms with van der Waals surface area (Å²) in [6.45, 7) is 3.47. The van der Waals surface area contributed by atoms with Crippen molar-refractivity contribution >= 4 is 23.3 Å². The number of hydrogen-bond donors (Lipinski definition) is 2. The van der Waals surface area contributed by atoms with E-state index in [2.05, 4.69) is 25.4 Å². The molecule has 23 heavy (non-hydrogen) atoms. The van der Waals surface area contributed by atoms with Gasteiger partial charge in [-0.25, -0.2) is 4.79 Å². The van der Waals surface area contributed by atoms with E-state index in [1.54, 1.807) is 11.3 Å². The Morgan fingerprint density at radius 2 is 2.13 bits per heavy atom. The maximum Gasteiger partial charge on any atom is 0.324 e. The van der Waals surface area contributed by atoms with E-state index in [9.17, 15) is 4.79 Å². The first kappa shape index (κ1) is 14.6. The van der Waals surface area contributed by atoms with Gasteiger partial charge in [0.1, 0.15) is 0 Å². The summed E-state index contributed by atoms with van der Waals surface area (Å²) in [5.74, 6) is 1.02. The van der Waals surface area contributed by atoms with Crippen LogP contribution in [-0.2, 0) is 0 Å². The lowest BCUT2D eigenvalue weighted by Crippen LogP contribution is -2.54. The van der Waals surface area contributed by atoms with Crippen molar-refractivity contribution in [2.45, 2.75) is 25.3 Å². The number of rotatable bonds is 3. The summed E-state index contributed by atoms with van der Waals surface area (Å²) in [5, 5.41) is 11.7. The lowest BCUT2D eigenvalue weighted by Gasteiger charge is -2.42. The highest BCUT2D eigenvalue weighted by Crippen LogP contribution is 2.25. The third-order valence-corrected chi connectivity index (χ3v) is 5.53. The Kier molecular flexibility index (Phi) is 4.00. The van der Waals surface area contributed by atoms with Crippen molar-refractivity contribution < 1.29 is 4.79 Å². The molecule has 0 atom stereocenters. The molecule has 3 heterocycles.